The first-order valence-electron chi connectivity index (χ1n) is 7.38. The minimum absolute atomic E-state index is 0.202. The summed E-state index contributed by atoms with van der Waals surface area (Å²) in [7, 11) is -2.93. The molecule has 1 saturated carbocycles. The van der Waals surface area contributed by atoms with Crippen molar-refractivity contribution in [2.24, 2.45) is 0 Å². The molecule has 0 aromatic carbocycles. The SMILES string of the molecule is CS(=O)(=O)C1CCCCN(Cc2csc(C3CC3)n2)C1. The molecule has 0 N–H and O–H groups in total. The minimum Gasteiger partial charge on any atom is -0.296 e. The Morgan fingerprint density at radius 3 is 2.85 bits per heavy atom. The van der Waals surface area contributed by atoms with Crippen LogP contribution in [0.4, 0.5) is 0 Å². The predicted molar refractivity (Wildman–Crippen MR) is 81.8 cm³/mol. The van der Waals surface area contributed by atoms with Crippen molar-refractivity contribution in [3.8, 4) is 0 Å². The zero-order chi connectivity index (χ0) is 14.2. The van der Waals surface area contributed by atoms with E-state index >= 15 is 0 Å². The summed E-state index contributed by atoms with van der Waals surface area (Å²) in [5.41, 5.74) is 1.12. The highest BCUT2D eigenvalue weighted by atomic mass is 32.2. The Balaban J connectivity index is 1.65. The van der Waals surface area contributed by atoms with E-state index < -0.39 is 9.84 Å². The van der Waals surface area contributed by atoms with Crippen LogP contribution in [0, 0.1) is 0 Å². The fourth-order valence-corrected chi connectivity index (χ4v) is 4.87. The fraction of sp³-hybridized carbons (Fsp3) is 0.786. The third-order valence-electron chi connectivity index (χ3n) is 4.20. The third-order valence-corrected chi connectivity index (χ3v) is 6.85. The van der Waals surface area contributed by atoms with Crippen LogP contribution in [0.1, 0.15) is 48.7 Å². The predicted octanol–water partition coefficient (Wildman–Crippen LogP) is 2.42. The molecule has 0 bridgehead atoms. The molecular weight excluding hydrogens is 292 g/mol. The van der Waals surface area contributed by atoms with E-state index in [9.17, 15) is 8.42 Å². The second-order valence-electron chi connectivity index (χ2n) is 6.13. The van der Waals surface area contributed by atoms with Gasteiger partial charge in [-0.1, -0.05) is 6.42 Å². The van der Waals surface area contributed by atoms with E-state index in [0.29, 0.717) is 12.5 Å². The smallest absolute Gasteiger partial charge is 0.151 e. The van der Waals surface area contributed by atoms with Crippen molar-refractivity contribution >= 4 is 21.2 Å². The molecule has 6 heteroatoms. The molecular formula is C14H22N2O2S2. The molecule has 1 saturated heterocycles. The molecule has 0 spiro atoms. The second kappa shape index (κ2) is 5.73. The number of likely N-dealkylation sites (tertiary alicyclic amines) is 1. The lowest BCUT2D eigenvalue weighted by Gasteiger charge is -2.22. The molecule has 1 unspecified atom stereocenters. The number of hydrogen-bond acceptors (Lipinski definition) is 5. The molecule has 2 aliphatic rings. The number of hydrogen-bond donors (Lipinski definition) is 0. The highest BCUT2D eigenvalue weighted by Gasteiger charge is 2.28. The standard InChI is InChI=1S/C14H22N2O2S2/c1-20(17,18)13-4-2-3-7-16(9-13)8-12-10-19-14(15-12)11-5-6-11/h10-11,13H,2-9H2,1H3. The zero-order valence-corrected chi connectivity index (χ0v) is 13.5. The number of sulfone groups is 1. The highest BCUT2D eigenvalue weighted by molar-refractivity contribution is 7.91. The molecule has 1 aliphatic carbocycles. The van der Waals surface area contributed by atoms with Crippen LogP contribution in [0.25, 0.3) is 0 Å². The van der Waals surface area contributed by atoms with Crippen molar-refractivity contribution in [1.82, 2.24) is 9.88 Å². The first-order chi connectivity index (χ1) is 9.52. The van der Waals surface area contributed by atoms with Crippen LogP contribution in [0.5, 0.6) is 0 Å². The van der Waals surface area contributed by atoms with Gasteiger partial charge in [0.05, 0.1) is 16.0 Å². The van der Waals surface area contributed by atoms with Gasteiger partial charge in [-0.2, -0.15) is 0 Å². The number of nitrogens with zero attached hydrogens (tertiary/aromatic N) is 2. The molecule has 1 aromatic rings. The van der Waals surface area contributed by atoms with Crippen molar-refractivity contribution in [1.29, 1.82) is 0 Å². The number of thiazole rings is 1. The quantitative estimate of drug-likeness (QED) is 0.856. The van der Waals surface area contributed by atoms with Crippen LogP contribution in [0.3, 0.4) is 0 Å². The van der Waals surface area contributed by atoms with Gasteiger partial charge in [-0.3, -0.25) is 4.90 Å². The van der Waals surface area contributed by atoms with Gasteiger partial charge in [0.2, 0.25) is 0 Å². The van der Waals surface area contributed by atoms with E-state index in [2.05, 4.69) is 10.3 Å². The molecule has 1 aromatic heterocycles. The summed E-state index contributed by atoms with van der Waals surface area (Å²) in [6, 6.07) is 0. The lowest BCUT2D eigenvalue weighted by atomic mass is 10.2. The van der Waals surface area contributed by atoms with E-state index in [1.54, 1.807) is 11.3 Å². The molecule has 1 aliphatic heterocycles. The lowest BCUT2D eigenvalue weighted by molar-refractivity contribution is 0.274. The summed E-state index contributed by atoms with van der Waals surface area (Å²) in [6.45, 7) is 2.45. The lowest BCUT2D eigenvalue weighted by Crippen LogP contribution is -2.34. The maximum absolute atomic E-state index is 11.8. The van der Waals surface area contributed by atoms with Crippen molar-refractivity contribution in [2.75, 3.05) is 19.3 Å². The van der Waals surface area contributed by atoms with Crippen LogP contribution >= 0.6 is 11.3 Å². The Labute approximate surface area is 125 Å². The molecule has 20 heavy (non-hydrogen) atoms. The van der Waals surface area contributed by atoms with Crippen LogP contribution in [-0.2, 0) is 16.4 Å². The summed E-state index contributed by atoms with van der Waals surface area (Å²) < 4.78 is 23.6. The molecule has 1 atom stereocenters. The van der Waals surface area contributed by atoms with Crippen molar-refractivity contribution < 1.29 is 8.42 Å². The molecule has 4 nitrogen and oxygen atoms in total. The Hall–Kier alpha value is -0.460. The maximum Gasteiger partial charge on any atom is 0.151 e. The van der Waals surface area contributed by atoms with E-state index in [4.69, 9.17) is 4.98 Å². The van der Waals surface area contributed by atoms with Gasteiger partial charge in [-0.05, 0) is 32.2 Å². The first kappa shape index (κ1) is 14.5. The molecule has 3 rings (SSSR count). The van der Waals surface area contributed by atoms with Crippen LogP contribution in [0.15, 0.2) is 5.38 Å². The van der Waals surface area contributed by atoms with E-state index in [1.165, 1.54) is 24.1 Å². The summed E-state index contributed by atoms with van der Waals surface area (Å²) in [6.07, 6.45) is 6.85. The van der Waals surface area contributed by atoms with Crippen molar-refractivity contribution in [2.45, 2.75) is 49.8 Å². The summed E-state index contributed by atoms with van der Waals surface area (Å²) in [5, 5.41) is 3.22. The Kier molecular flexibility index (Phi) is 4.15. The zero-order valence-electron chi connectivity index (χ0n) is 11.9. The normalized spacial score (nSPS) is 25.6. The Morgan fingerprint density at radius 1 is 1.35 bits per heavy atom. The van der Waals surface area contributed by atoms with Gasteiger partial charge in [0.1, 0.15) is 0 Å². The molecule has 2 fully saturated rings. The van der Waals surface area contributed by atoms with Gasteiger partial charge in [-0.25, -0.2) is 13.4 Å². The molecule has 2 heterocycles. The average molecular weight is 314 g/mol. The van der Waals surface area contributed by atoms with Crippen LogP contribution in [-0.4, -0.2) is 42.9 Å². The van der Waals surface area contributed by atoms with E-state index in [1.807, 2.05) is 0 Å². The van der Waals surface area contributed by atoms with Crippen LogP contribution < -0.4 is 0 Å². The summed E-state index contributed by atoms with van der Waals surface area (Å²) in [5.74, 6) is 0.710. The molecule has 0 radical (unpaired) electrons. The van der Waals surface area contributed by atoms with Crippen LogP contribution in [0.2, 0.25) is 0 Å². The van der Waals surface area contributed by atoms with Gasteiger partial charge < -0.3 is 0 Å². The topological polar surface area (TPSA) is 50.3 Å². The maximum atomic E-state index is 11.8. The monoisotopic (exact) mass is 314 g/mol. The van der Waals surface area contributed by atoms with Gasteiger partial charge in [-0.15, -0.1) is 11.3 Å². The van der Waals surface area contributed by atoms with Gasteiger partial charge in [0, 0.05) is 30.6 Å². The second-order valence-corrected chi connectivity index (χ2v) is 9.35. The third kappa shape index (κ3) is 3.59. The Morgan fingerprint density at radius 2 is 2.15 bits per heavy atom. The van der Waals surface area contributed by atoms with Gasteiger partial charge in [0.15, 0.2) is 9.84 Å². The fourth-order valence-electron chi connectivity index (χ4n) is 2.81. The molecule has 0 amide bonds. The minimum atomic E-state index is -2.93. The van der Waals surface area contributed by atoms with Crippen molar-refractivity contribution in [3.05, 3.63) is 16.1 Å². The van der Waals surface area contributed by atoms with Gasteiger partial charge in [0.25, 0.3) is 0 Å². The summed E-state index contributed by atoms with van der Waals surface area (Å²) >= 11 is 1.76. The largest absolute Gasteiger partial charge is 0.296 e. The first-order valence-corrected chi connectivity index (χ1v) is 10.2. The van der Waals surface area contributed by atoms with Gasteiger partial charge >= 0.3 is 0 Å². The van der Waals surface area contributed by atoms with Crippen molar-refractivity contribution in [3.63, 3.8) is 0 Å². The molecule has 112 valence electrons. The number of rotatable bonds is 4. The van der Waals surface area contributed by atoms with E-state index in [0.717, 1.165) is 38.0 Å². The van der Waals surface area contributed by atoms with E-state index in [-0.39, 0.29) is 5.25 Å². The number of aromatic nitrogens is 1. The Bertz CT molecular complexity index is 563. The average Bonchev–Trinajstić information content (AvgIpc) is 3.15. The highest BCUT2D eigenvalue weighted by Crippen LogP contribution is 2.41. The summed E-state index contributed by atoms with van der Waals surface area (Å²) in [4.78, 5) is 6.98.